The molecule has 0 atom stereocenters. The highest BCUT2D eigenvalue weighted by atomic mass is 16.5. The van der Waals surface area contributed by atoms with Crippen molar-refractivity contribution in [2.75, 3.05) is 0 Å². The summed E-state index contributed by atoms with van der Waals surface area (Å²) in [7, 11) is 0. The van der Waals surface area contributed by atoms with Crippen molar-refractivity contribution >= 4 is 5.97 Å². The number of aliphatic carboxylic acids is 1. The highest BCUT2D eigenvalue weighted by molar-refractivity contribution is 5.64. The van der Waals surface area contributed by atoms with Gasteiger partial charge in [-0.25, -0.2) is 0 Å². The Morgan fingerprint density at radius 3 is 2.11 bits per heavy atom. The predicted molar refractivity (Wildman–Crippen MR) is 66.9 cm³/mol. The Bertz CT molecular complexity index is 281. The molecular formula is C14H25NO3-. The first-order chi connectivity index (χ1) is 8.15. The van der Waals surface area contributed by atoms with Crippen molar-refractivity contribution in [3.8, 4) is 0 Å². The SMILES string of the molecule is CC1(C)CC(CCCCC(=O)[O-])CC(C)(C)N1[O]. The lowest BCUT2D eigenvalue weighted by Gasteiger charge is -2.50. The van der Waals surface area contributed by atoms with Crippen LogP contribution < -0.4 is 5.11 Å². The molecule has 0 N–H and O–H groups in total. The maximum atomic E-state index is 12.2. The Labute approximate surface area is 110 Å². The van der Waals surface area contributed by atoms with E-state index in [9.17, 15) is 15.1 Å². The fourth-order valence-corrected chi connectivity index (χ4v) is 3.38. The minimum Gasteiger partial charge on any atom is -0.550 e. The van der Waals surface area contributed by atoms with E-state index in [1.165, 1.54) is 5.06 Å². The number of unbranched alkanes of at least 4 members (excludes halogenated alkanes) is 1. The highest BCUT2D eigenvalue weighted by Crippen LogP contribution is 2.41. The van der Waals surface area contributed by atoms with Gasteiger partial charge >= 0.3 is 0 Å². The quantitative estimate of drug-likeness (QED) is 0.705. The number of nitrogens with zero attached hydrogens (tertiary/aromatic N) is 1. The maximum Gasteiger partial charge on any atom is 0.0446 e. The summed E-state index contributed by atoms with van der Waals surface area (Å²) in [6.07, 6.45) is 4.53. The van der Waals surface area contributed by atoms with Gasteiger partial charge in [-0.2, -0.15) is 0 Å². The highest BCUT2D eigenvalue weighted by Gasteiger charge is 2.45. The zero-order chi connectivity index (χ0) is 14.0. The Hall–Kier alpha value is -0.610. The van der Waals surface area contributed by atoms with Gasteiger partial charge in [0.1, 0.15) is 0 Å². The number of carbonyl (C=O) groups is 1. The minimum absolute atomic E-state index is 0.146. The van der Waals surface area contributed by atoms with Gasteiger partial charge in [0, 0.05) is 17.0 Å². The molecule has 0 amide bonds. The van der Waals surface area contributed by atoms with Gasteiger partial charge in [0.25, 0.3) is 0 Å². The van der Waals surface area contributed by atoms with E-state index in [0.717, 1.165) is 25.7 Å². The van der Waals surface area contributed by atoms with E-state index in [-0.39, 0.29) is 17.5 Å². The third-order valence-electron chi connectivity index (χ3n) is 3.92. The van der Waals surface area contributed by atoms with Crippen LogP contribution in [0, 0.1) is 5.92 Å². The number of carboxylic acids is 1. The monoisotopic (exact) mass is 255 g/mol. The predicted octanol–water partition coefficient (Wildman–Crippen LogP) is 1.91. The second-order valence-corrected chi connectivity index (χ2v) is 6.81. The first kappa shape index (κ1) is 15.4. The second-order valence-electron chi connectivity index (χ2n) is 6.81. The molecule has 0 saturated carbocycles. The zero-order valence-corrected chi connectivity index (χ0v) is 12.0. The lowest BCUT2D eigenvalue weighted by atomic mass is 9.73. The normalized spacial score (nSPS) is 24.1. The molecular weight excluding hydrogens is 230 g/mol. The van der Waals surface area contributed by atoms with Crippen LogP contribution in [-0.4, -0.2) is 22.1 Å². The van der Waals surface area contributed by atoms with Gasteiger partial charge in [-0.15, -0.1) is 10.3 Å². The average molecular weight is 255 g/mol. The van der Waals surface area contributed by atoms with Crippen molar-refractivity contribution in [1.29, 1.82) is 0 Å². The van der Waals surface area contributed by atoms with Gasteiger partial charge in [-0.05, 0) is 59.3 Å². The van der Waals surface area contributed by atoms with Crippen LogP contribution in [0.4, 0.5) is 0 Å². The molecule has 1 aliphatic heterocycles. The van der Waals surface area contributed by atoms with Crippen LogP contribution in [0.2, 0.25) is 0 Å². The summed E-state index contributed by atoms with van der Waals surface area (Å²) in [6.45, 7) is 7.98. The molecule has 0 unspecified atom stereocenters. The number of hydrogen-bond donors (Lipinski definition) is 0. The van der Waals surface area contributed by atoms with Gasteiger partial charge < -0.3 is 9.90 Å². The van der Waals surface area contributed by atoms with Crippen LogP contribution in [0.25, 0.3) is 0 Å². The average Bonchev–Trinajstić information content (AvgIpc) is 2.20. The van der Waals surface area contributed by atoms with E-state index < -0.39 is 5.97 Å². The molecule has 0 aromatic heterocycles. The molecule has 0 spiro atoms. The Balaban J connectivity index is 2.46. The molecule has 1 heterocycles. The first-order valence-electron chi connectivity index (χ1n) is 6.82. The molecule has 1 rings (SSSR count). The molecule has 105 valence electrons. The largest absolute Gasteiger partial charge is 0.550 e. The van der Waals surface area contributed by atoms with Crippen molar-refractivity contribution in [1.82, 2.24) is 5.06 Å². The second kappa shape index (κ2) is 5.57. The van der Waals surface area contributed by atoms with Crippen LogP contribution >= 0.6 is 0 Å². The Kier molecular flexibility index (Phi) is 4.78. The molecule has 18 heavy (non-hydrogen) atoms. The zero-order valence-electron chi connectivity index (χ0n) is 12.0. The van der Waals surface area contributed by atoms with E-state index in [1.807, 2.05) is 27.7 Å². The van der Waals surface area contributed by atoms with Crippen LogP contribution in [0.1, 0.15) is 66.2 Å². The molecule has 0 bridgehead atoms. The Morgan fingerprint density at radius 1 is 1.17 bits per heavy atom. The summed E-state index contributed by atoms with van der Waals surface area (Å²) in [5.74, 6) is -0.452. The number of hydroxylamine groups is 2. The van der Waals surface area contributed by atoms with Crippen LogP contribution in [0.15, 0.2) is 0 Å². The van der Waals surface area contributed by atoms with E-state index in [1.54, 1.807) is 0 Å². The fourth-order valence-electron chi connectivity index (χ4n) is 3.38. The van der Waals surface area contributed by atoms with E-state index >= 15 is 0 Å². The summed E-state index contributed by atoms with van der Waals surface area (Å²) in [4.78, 5) is 10.3. The van der Waals surface area contributed by atoms with Gasteiger partial charge in [-0.1, -0.05) is 12.8 Å². The summed E-state index contributed by atoms with van der Waals surface area (Å²) in [5, 5.41) is 23.7. The third kappa shape index (κ3) is 3.95. The molecule has 4 heteroatoms. The lowest BCUT2D eigenvalue weighted by Crippen LogP contribution is -2.58. The van der Waals surface area contributed by atoms with Gasteiger partial charge in [0.05, 0.1) is 0 Å². The number of piperidine rings is 1. The fraction of sp³-hybridized carbons (Fsp3) is 0.929. The van der Waals surface area contributed by atoms with E-state index in [0.29, 0.717) is 12.3 Å². The molecule has 1 fully saturated rings. The molecule has 1 saturated heterocycles. The Morgan fingerprint density at radius 2 is 1.67 bits per heavy atom. The van der Waals surface area contributed by atoms with Crippen LogP contribution in [-0.2, 0) is 10.0 Å². The van der Waals surface area contributed by atoms with Gasteiger partial charge in [-0.3, -0.25) is 0 Å². The summed E-state index contributed by atoms with van der Waals surface area (Å²) in [6, 6.07) is 0. The number of carbonyl (C=O) groups excluding carboxylic acids is 1. The number of carboxylic acid groups (broad SMARTS) is 1. The number of rotatable bonds is 5. The molecule has 0 aromatic carbocycles. The molecule has 4 nitrogen and oxygen atoms in total. The summed E-state index contributed by atoms with van der Waals surface area (Å²) < 4.78 is 0. The van der Waals surface area contributed by atoms with E-state index in [2.05, 4.69) is 0 Å². The molecule has 0 aromatic rings. The van der Waals surface area contributed by atoms with Gasteiger partial charge in [0.2, 0.25) is 0 Å². The minimum atomic E-state index is -0.968. The van der Waals surface area contributed by atoms with Crippen molar-refractivity contribution in [3.05, 3.63) is 0 Å². The van der Waals surface area contributed by atoms with Crippen molar-refractivity contribution in [2.24, 2.45) is 5.92 Å². The molecule has 0 aliphatic carbocycles. The van der Waals surface area contributed by atoms with Crippen LogP contribution in [0.5, 0.6) is 0 Å². The van der Waals surface area contributed by atoms with Crippen LogP contribution in [0.3, 0.4) is 0 Å². The van der Waals surface area contributed by atoms with Gasteiger partial charge in [0.15, 0.2) is 0 Å². The van der Waals surface area contributed by atoms with Crippen molar-refractivity contribution in [3.63, 3.8) is 0 Å². The topological polar surface area (TPSA) is 63.3 Å². The van der Waals surface area contributed by atoms with Crippen molar-refractivity contribution in [2.45, 2.75) is 77.3 Å². The summed E-state index contributed by atoms with van der Waals surface area (Å²) in [5.41, 5.74) is -0.637. The first-order valence-corrected chi connectivity index (χ1v) is 6.82. The van der Waals surface area contributed by atoms with Crippen molar-refractivity contribution < 1.29 is 15.1 Å². The summed E-state index contributed by atoms with van der Waals surface area (Å²) >= 11 is 0. The molecule has 1 aliphatic rings. The number of hydrogen-bond acceptors (Lipinski definition) is 3. The standard InChI is InChI=1S/C14H26NO3/c1-13(2)9-11(7-5-6-8-12(16)17)10-14(3,4)15(13)18/h11H,5-10H2,1-4H3,(H,16,17)/p-1. The smallest absolute Gasteiger partial charge is 0.0446 e. The lowest BCUT2D eigenvalue weighted by molar-refractivity contribution is -0.305. The molecule has 1 radical (unpaired) electrons. The third-order valence-corrected chi connectivity index (χ3v) is 3.92. The maximum absolute atomic E-state index is 12.2. The van der Waals surface area contributed by atoms with E-state index in [4.69, 9.17) is 0 Å².